The van der Waals surface area contributed by atoms with Gasteiger partial charge < -0.3 is 5.11 Å². The van der Waals surface area contributed by atoms with Crippen molar-refractivity contribution in [2.24, 2.45) is 0 Å². The number of fused-ring (bicyclic) bond motifs is 1. The summed E-state index contributed by atoms with van der Waals surface area (Å²) in [6.07, 6.45) is 2.41. The molecule has 0 amide bonds. The second-order valence-electron chi connectivity index (χ2n) is 9.48. The van der Waals surface area contributed by atoms with Crippen molar-refractivity contribution in [1.29, 1.82) is 0 Å². The standard InChI is InChI=1S/C28H37FN4O/c1-4-6-25(34)18-31(5-2)20-27-26-19-32(17-22-9-11-23(29)12-10-22)16-15-28(26)33(30-27)24-13-7-21(3)8-14-24/h7-14,25,34H,4-6,15-20H2,1-3H3/t25-/m1/s1. The van der Waals surface area contributed by atoms with Crippen LogP contribution in [0.25, 0.3) is 5.69 Å². The highest BCUT2D eigenvalue weighted by molar-refractivity contribution is 5.40. The van der Waals surface area contributed by atoms with E-state index in [1.54, 1.807) is 0 Å². The largest absolute Gasteiger partial charge is 0.392 e. The van der Waals surface area contributed by atoms with Gasteiger partial charge in [0.25, 0.3) is 0 Å². The molecule has 0 radical (unpaired) electrons. The Hall–Kier alpha value is -2.54. The molecule has 3 aromatic rings. The Morgan fingerprint density at radius 1 is 1.09 bits per heavy atom. The first-order chi connectivity index (χ1) is 16.5. The Kier molecular flexibility index (Phi) is 8.14. The monoisotopic (exact) mass is 464 g/mol. The van der Waals surface area contributed by atoms with Crippen molar-refractivity contribution in [3.63, 3.8) is 0 Å². The number of halogens is 1. The lowest BCUT2D eigenvalue weighted by atomic mass is 10.0. The zero-order valence-corrected chi connectivity index (χ0v) is 20.7. The van der Waals surface area contributed by atoms with Gasteiger partial charge in [0.2, 0.25) is 0 Å². The molecule has 5 nitrogen and oxygen atoms in total. The van der Waals surface area contributed by atoms with Gasteiger partial charge in [-0.2, -0.15) is 5.10 Å². The third-order valence-electron chi connectivity index (χ3n) is 6.73. The molecule has 6 heteroatoms. The fourth-order valence-electron chi connectivity index (χ4n) is 4.79. The first-order valence-corrected chi connectivity index (χ1v) is 12.5. The van der Waals surface area contributed by atoms with E-state index in [0.717, 1.165) is 68.9 Å². The number of aliphatic hydroxyl groups is 1. The van der Waals surface area contributed by atoms with Gasteiger partial charge in [-0.15, -0.1) is 0 Å². The van der Waals surface area contributed by atoms with E-state index in [9.17, 15) is 9.50 Å². The summed E-state index contributed by atoms with van der Waals surface area (Å²) in [5, 5.41) is 15.5. The van der Waals surface area contributed by atoms with Crippen molar-refractivity contribution >= 4 is 0 Å². The Balaban J connectivity index is 1.61. The molecule has 0 spiro atoms. The molecule has 1 N–H and O–H groups in total. The van der Waals surface area contributed by atoms with Crippen LogP contribution in [-0.4, -0.2) is 50.4 Å². The van der Waals surface area contributed by atoms with Crippen LogP contribution in [0.4, 0.5) is 4.39 Å². The van der Waals surface area contributed by atoms with E-state index in [4.69, 9.17) is 5.10 Å². The number of rotatable bonds is 10. The van der Waals surface area contributed by atoms with E-state index in [1.165, 1.54) is 29.0 Å². The van der Waals surface area contributed by atoms with Gasteiger partial charge in [0, 0.05) is 44.7 Å². The third-order valence-corrected chi connectivity index (χ3v) is 6.73. The fourth-order valence-corrected chi connectivity index (χ4v) is 4.79. The zero-order chi connectivity index (χ0) is 24.1. The number of aromatic nitrogens is 2. The average molecular weight is 465 g/mol. The summed E-state index contributed by atoms with van der Waals surface area (Å²) in [7, 11) is 0. The normalized spacial score (nSPS) is 15.0. The molecule has 1 aromatic heterocycles. The van der Waals surface area contributed by atoms with E-state index in [-0.39, 0.29) is 11.9 Å². The van der Waals surface area contributed by atoms with Crippen LogP contribution in [0.1, 0.15) is 54.8 Å². The number of aliphatic hydroxyl groups excluding tert-OH is 1. The van der Waals surface area contributed by atoms with Gasteiger partial charge in [0.05, 0.1) is 23.2 Å². The van der Waals surface area contributed by atoms with Crippen molar-refractivity contribution in [2.45, 2.75) is 65.8 Å². The Bertz CT molecular complexity index is 1060. The molecule has 0 fully saturated rings. The molecule has 0 bridgehead atoms. The number of hydrogen-bond donors (Lipinski definition) is 1. The molecule has 2 aromatic carbocycles. The molecule has 0 saturated heterocycles. The summed E-state index contributed by atoms with van der Waals surface area (Å²) in [6, 6.07) is 15.3. The van der Waals surface area contributed by atoms with Crippen molar-refractivity contribution in [2.75, 3.05) is 19.6 Å². The van der Waals surface area contributed by atoms with E-state index < -0.39 is 0 Å². The maximum atomic E-state index is 13.4. The highest BCUT2D eigenvalue weighted by Gasteiger charge is 2.26. The SMILES string of the molecule is CCC[C@@H](O)CN(CC)Cc1nn(-c2ccc(C)cc2)c2c1CN(Cc1ccc(F)cc1)CC2. The molecule has 0 aliphatic carbocycles. The topological polar surface area (TPSA) is 44.5 Å². The van der Waals surface area contributed by atoms with E-state index in [2.05, 4.69) is 59.5 Å². The molecule has 1 atom stereocenters. The number of benzene rings is 2. The molecular formula is C28H37FN4O. The lowest BCUT2D eigenvalue weighted by Gasteiger charge is -2.29. The third kappa shape index (κ3) is 5.93. The second-order valence-corrected chi connectivity index (χ2v) is 9.48. The molecule has 182 valence electrons. The summed E-state index contributed by atoms with van der Waals surface area (Å²) < 4.78 is 15.5. The maximum absolute atomic E-state index is 13.4. The van der Waals surface area contributed by atoms with Crippen LogP contribution < -0.4 is 0 Å². The van der Waals surface area contributed by atoms with Crippen LogP contribution in [-0.2, 0) is 26.1 Å². The van der Waals surface area contributed by atoms with Crippen LogP contribution in [0.2, 0.25) is 0 Å². The summed E-state index contributed by atoms with van der Waals surface area (Å²) >= 11 is 0. The Morgan fingerprint density at radius 3 is 2.50 bits per heavy atom. The molecule has 4 rings (SSSR count). The summed E-state index contributed by atoms with van der Waals surface area (Å²) in [6.45, 7) is 11.2. The van der Waals surface area contributed by atoms with E-state index in [0.29, 0.717) is 6.54 Å². The second kappa shape index (κ2) is 11.3. The lowest BCUT2D eigenvalue weighted by Crippen LogP contribution is -2.33. The molecule has 0 unspecified atom stereocenters. The predicted molar refractivity (Wildman–Crippen MR) is 134 cm³/mol. The van der Waals surface area contributed by atoms with E-state index in [1.807, 2.05) is 12.1 Å². The fraction of sp³-hybridized carbons (Fsp3) is 0.464. The van der Waals surface area contributed by atoms with Crippen LogP contribution in [0.3, 0.4) is 0 Å². The average Bonchev–Trinajstić information content (AvgIpc) is 3.18. The molecule has 0 saturated carbocycles. The maximum Gasteiger partial charge on any atom is 0.123 e. The molecule has 1 aliphatic rings. The molecule has 34 heavy (non-hydrogen) atoms. The van der Waals surface area contributed by atoms with Crippen LogP contribution >= 0.6 is 0 Å². The molecular weight excluding hydrogens is 427 g/mol. The van der Waals surface area contributed by atoms with Gasteiger partial charge in [-0.3, -0.25) is 9.80 Å². The number of hydrogen-bond acceptors (Lipinski definition) is 4. The summed E-state index contributed by atoms with van der Waals surface area (Å²) in [4.78, 5) is 4.71. The van der Waals surface area contributed by atoms with E-state index >= 15 is 0 Å². The first-order valence-electron chi connectivity index (χ1n) is 12.5. The van der Waals surface area contributed by atoms with Gasteiger partial charge in [0.15, 0.2) is 0 Å². The van der Waals surface area contributed by atoms with Crippen molar-refractivity contribution in [3.8, 4) is 5.69 Å². The quantitative estimate of drug-likeness (QED) is 0.465. The number of likely N-dealkylation sites (N-methyl/N-ethyl adjacent to an activating group) is 1. The van der Waals surface area contributed by atoms with Crippen LogP contribution in [0, 0.1) is 12.7 Å². The summed E-state index contributed by atoms with van der Waals surface area (Å²) in [5.41, 5.74) is 7.10. The number of nitrogens with zero attached hydrogens (tertiary/aromatic N) is 4. The van der Waals surface area contributed by atoms with Gasteiger partial charge in [-0.05, 0) is 49.7 Å². The van der Waals surface area contributed by atoms with Gasteiger partial charge in [0.1, 0.15) is 5.82 Å². The molecule has 2 heterocycles. The smallest absolute Gasteiger partial charge is 0.123 e. The minimum atomic E-state index is -0.310. The Labute approximate surface area is 202 Å². The minimum absolute atomic E-state index is 0.198. The Morgan fingerprint density at radius 2 is 1.82 bits per heavy atom. The predicted octanol–water partition coefficient (Wildman–Crippen LogP) is 4.86. The minimum Gasteiger partial charge on any atom is -0.392 e. The van der Waals surface area contributed by atoms with Gasteiger partial charge in [-0.25, -0.2) is 9.07 Å². The first kappa shape index (κ1) is 24.6. The summed E-state index contributed by atoms with van der Waals surface area (Å²) in [5.74, 6) is -0.198. The number of aryl methyl sites for hydroxylation is 1. The lowest BCUT2D eigenvalue weighted by molar-refractivity contribution is 0.103. The van der Waals surface area contributed by atoms with Gasteiger partial charge in [-0.1, -0.05) is 50.1 Å². The van der Waals surface area contributed by atoms with Crippen molar-refractivity contribution < 1.29 is 9.50 Å². The van der Waals surface area contributed by atoms with Crippen LogP contribution in [0.15, 0.2) is 48.5 Å². The highest BCUT2D eigenvalue weighted by Crippen LogP contribution is 2.27. The van der Waals surface area contributed by atoms with Gasteiger partial charge >= 0.3 is 0 Å². The van der Waals surface area contributed by atoms with Crippen molar-refractivity contribution in [1.82, 2.24) is 19.6 Å². The highest BCUT2D eigenvalue weighted by atomic mass is 19.1. The van der Waals surface area contributed by atoms with Crippen LogP contribution in [0.5, 0.6) is 0 Å². The zero-order valence-electron chi connectivity index (χ0n) is 20.7. The molecule has 1 aliphatic heterocycles. The van der Waals surface area contributed by atoms with Crippen molar-refractivity contribution in [3.05, 3.63) is 82.4 Å².